The zero-order chi connectivity index (χ0) is 28.4. The number of amides is 3. The van der Waals surface area contributed by atoms with Gasteiger partial charge in [0.05, 0.1) is 62.5 Å². The molecule has 0 fully saturated rings. The summed E-state index contributed by atoms with van der Waals surface area (Å²) in [6.07, 6.45) is -1.36. The molecule has 15 nitrogen and oxygen atoms in total. The summed E-state index contributed by atoms with van der Waals surface area (Å²) in [4.78, 5) is 59.4. The predicted octanol–water partition coefficient (Wildman–Crippen LogP) is -1.94. The molecule has 36 heavy (non-hydrogen) atoms. The minimum absolute atomic E-state index is 0.00380. The van der Waals surface area contributed by atoms with E-state index >= 15 is 0 Å². The molecule has 3 amide bonds. The van der Waals surface area contributed by atoms with Crippen LogP contribution in [-0.4, -0.2) is 103 Å². The number of halogens is 3. The molecule has 0 aliphatic rings. The average molecular weight is 875 g/mol. The van der Waals surface area contributed by atoms with E-state index in [4.69, 9.17) is 19.2 Å². The molecule has 206 valence electrons. The summed E-state index contributed by atoms with van der Waals surface area (Å²) in [5.41, 5.74) is 0.116. The molecule has 1 aromatic carbocycles. The Hall–Kier alpha value is -0.270. The Morgan fingerprint density at radius 1 is 0.778 bits per heavy atom. The highest BCUT2D eigenvalue weighted by molar-refractivity contribution is 14.1. The van der Waals surface area contributed by atoms with Gasteiger partial charge in [-0.3, -0.25) is 14.4 Å². The van der Waals surface area contributed by atoms with Crippen LogP contribution in [-0.2, 0) is 9.36 Å². The highest BCUT2D eigenvalue weighted by atomic mass is 127. The summed E-state index contributed by atoms with van der Waals surface area (Å²) >= 11 is 5.41. The number of hydrogen-bond acceptors (Lipinski definition) is 9. The molecular weight excluding hydrogens is 850 g/mol. The molecule has 0 radical (unpaired) electrons. The van der Waals surface area contributed by atoms with Crippen LogP contribution in [0.25, 0.3) is 0 Å². The van der Waals surface area contributed by atoms with Crippen LogP contribution >= 0.6 is 75.6 Å². The van der Waals surface area contributed by atoms with E-state index in [2.05, 4.69) is 16.0 Å². The van der Waals surface area contributed by atoms with E-state index < -0.39 is 70.2 Å². The third-order valence-corrected chi connectivity index (χ3v) is 7.19. The van der Waals surface area contributed by atoms with Gasteiger partial charge in [-0.25, -0.2) is 4.57 Å². The van der Waals surface area contributed by atoms with Crippen molar-refractivity contribution in [3.8, 4) is 0 Å². The number of carbonyl (C=O) groups excluding carboxylic acids is 3. The fraction of sp³-hybridized carbons (Fsp3) is 0.471. The lowest BCUT2D eigenvalue weighted by atomic mass is 10.1. The van der Waals surface area contributed by atoms with Gasteiger partial charge in [0.25, 0.3) is 17.7 Å². The number of anilines is 1. The second-order valence-corrected chi connectivity index (χ2v) is 11.1. The van der Waals surface area contributed by atoms with Crippen LogP contribution in [0.15, 0.2) is 0 Å². The number of phosphoric acid groups is 1. The van der Waals surface area contributed by atoms with Crippen molar-refractivity contribution in [1.82, 2.24) is 10.6 Å². The largest absolute Gasteiger partial charge is 0.466 e. The number of rotatable bonds is 10. The highest BCUT2D eigenvalue weighted by Gasteiger charge is 2.30. The highest BCUT2D eigenvalue weighted by Crippen LogP contribution is 2.36. The van der Waals surface area contributed by atoms with E-state index in [9.17, 15) is 39.9 Å². The maximum Gasteiger partial charge on any atom is 0.466 e. The van der Waals surface area contributed by atoms with Gasteiger partial charge in [0.1, 0.15) is 6.10 Å². The minimum atomic E-state index is -4.64. The van der Waals surface area contributed by atoms with Gasteiger partial charge in [-0.2, -0.15) is 0 Å². The van der Waals surface area contributed by atoms with Gasteiger partial charge in [-0.15, -0.1) is 0 Å². The Balaban J connectivity index is 0.00000222. The molecule has 0 aromatic heterocycles. The lowest BCUT2D eigenvalue weighted by Gasteiger charge is -2.22. The van der Waals surface area contributed by atoms with Crippen molar-refractivity contribution < 1.29 is 59.2 Å². The summed E-state index contributed by atoms with van der Waals surface area (Å²) in [6, 6.07) is -1.89. The van der Waals surface area contributed by atoms with Gasteiger partial charge < -0.3 is 56.2 Å². The smallest absolute Gasteiger partial charge is 0.394 e. The molecule has 0 bridgehead atoms. The van der Waals surface area contributed by atoms with Crippen molar-refractivity contribution in [3.63, 3.8) is 0 Å². The summed E-state index contributed by atoms with van der Waals surface area (Å²) in [5, 5.41) is 54.0. The molecule has 0 saturated heterocycles. The van der Waals surface area contributed by atoms with Gasteiger partial charge in [0, 0.05) is 3.57 Å². The summed E-state index contributed by atoms with van der Waals surface area (Å²) in [7, 11) is -4.64. The van der Waals surface area contributed by atoms with Gasteiger partial charge in [0.2, 0.25) is 0 Å². The molecule has 0 saturated carbocycles. The Labute approximate surface area is 245 Å². The van der Waals surface area contributed by atoms with Crippen LogP contribution in [0.1, 0.15) is 27.6 Å². The molecule has 19 heteroatoms. The molecule has 0 spiro atoms. The fourth-order valence-corrected chi connectivity index (χ4v) is 6.63. The molecular formula is C17H25I3N3O12P. The molecule has 11 N–H and O–H groups in total. The van der Waals surface area contributed by atoms with Crippen LogP contribution in [0.3, 0.4) is 0 Å². The Bertz CT molecular complexity index is 922. The summed E-state index contributed by atoms with van der Waals surface area (Å²) in [6.45, 7) is -0.829. The van der Waals surface area contributed by atoms with Gasteiger partial charge in [-0.05, 0) is 74.7 Å². The van der Waals surface area contributed by atoms with E-state index in [-0.39, 0.29) is 27.5 Å². The van der Waals surface area contributed by atoms with Gasteiger partial charge in [0.15, 0.2) is 0 Å². The molecule has 1 rings (SSSR count). The van der Waals surface area contributed by atoms with Crippen LogP contribution in [0.5, 0.6) is 0 Å². The number of hydrogen-bond donors (Lipinski definition) is 11. The average Bonchev–Trinajstić information content (AvgIpc) is 2.77. The lowest BCUT2D eigenvalue weighted by molar-refractivity contribution is -0.123. The second-order valence-electron chi connectivity index (χ2n) is 6.82. The van der Waals surface area contributed by atoms with E-state index in [1.165, 1.54) is 6.92 Å². The number of carbonyl (C=O) groups is 3. The molecule has 0 unspecified atom stereocenters. The second kappa shape index (κ2) is 16.6. The number of aliphatic hydroxyl groups is 5. The first-order valence-corrected chi connectivity index (χ1v) is 14.4. The van der Waals surface area contributed by atoms with Crippen LogP contribution in [0.2, 0.25) is 0 Å². The van der Waals surface area contributed by atoms with Crippen molar-refractivity contribution in [2.24, 2.45) is 0 Å². The van der Waals surface area contributed by atoms with Crippen molar-refractivity contribution in [2.75, 3.05) is 31.7 Å². The lowest BCUT2D eigenvalue weighted by Crippen LogP contribution is -2.42. The van der Waals surface area contributed by atoms with E-state index in [1.54, 1.807) is 22.6 Å². The molecule has 1 atom stereocenters. The van der Waals surface area contributed by atoms with E-state index in [0.717, 1.165) is 0 Å². The SMILES string of the molecule is C[C@H](O)C(=O)Nc1c(I)c(C(=O)NC(CO)CO)c(I)c(C(=O)NC(CO)CO)c1I.O=P(O)(O)O. The maximum atomic E-state index is 12.9. The van der Waals surface area contributed by atoms with Crippen LogP contribution in [0, 0.1) is 10.7 Å². The molecule has 1 aromatic rings. The molecule has 0 aliphatic heterocycles. The van der Waals surface area contributed by atoms with Crippen molar-refractivity contribution in [3.05, 3.63) is 21.8 Å². The van der Waals surface area contributed by atoms with Crippen LogP contribution < -0.4 is 16.0 Å². The third-order valence-electron chi connectivity index (χ3n) is 3.95. The molecule has 0 heterocycles. The number of aliphatic hydroxyl groups excluding tert-OH is 5. The van der Waals surface area contributed by atoms with Crippen molar-refractivity contribution >= 4 is 99.0 Å². The minimum Gasteiger partial charge on any atom is -0.394 e. The van der Waals surface area contributed by atoms with Crippen molar-refractivity contribution in [2.45, 2.75) is 25.1 Å². The van der Waals surface area contributed by atoms with E-state index in [1.807, 2.05) is 45.2 Å². The van der Waals surface area contributed by atoms with Crippen molar-refractivity contribution in [1.29, 1.82) is 0 Å². The first-order valence-electron chi connectivity index (χ1n) is 9.56. The normalized spacial score (nSPS) is 12.1. The third kappa shape index (κ3) is 11.6. The zero-order valence-corrected chi connectivity index (χ0v) is 25.7. The first kappa shape index (κ1) is 35.7. The zero-order valence-electron chi connectivity index (χ0n) is 18.4. The number of nitrogens with one attached hydrogen (secondary N) is 3. The fourth-order valence-electron chi connectivity index (χ4n) is 2.21. The predicted molar refractivity (Wildman–Crippen MR) is 150 cm³/mol. The quantitative estimate of drug-likeness (QED) is 0.0907. The topological polar surface area (TPSA) is 266 Å². The number of benzene rings is 1. The Morgan fingerprint density at radius 2 is 1.08 bits per heavy atom. The maximum absolute atomic E-state index is 12.9. The summed E-state index contributed by atoms with van der Waals surface area (Å²) in [5.74, 6) is -2.18. The molecule has 0 aliphatic carbocycles. The van der Waals surface area contributed by atoms with Crippen LogP contribution in [0.4, 0.5) is 5.69 Å². The Morgan fingerprint density at radius 3 is 1.33 bits per heavy atom. The van der Waals surface area contributed by atoms with E-state index in [0.29, 0.717) is 0 Å². The Kier molecular flexibility index (Phi) is 16.5. The standard InChI is InChI=1S/C17H22I3N3O8.H3O4P/c1-6(28)15(29)23-14-12(19)9(16(30)21-7(2-24)3-25)11(18)10(13(14)20)17(31)22-8(4-26)5-27;1-5(2,3)4/h6-8,24-28H,2-5H2,1H3,(H,21,30)(H,22,31)(H,23,29);(H3,1,2,3,4)/t6-;/m0./s1. The monoisotopic (exact) mass is 875 g/mol. The van der Waals surface area contributed by atoms with Gasteiger partial charge in [-0.1, -0.05) is 0 Å². The van der Waals surface area contributed by atoms with Gasteiger partial charge >= 0.3 is 7.82 Å². The first-order chi connectivity index (χ1) is 16.5. The summed E-state index contributed by atoms with van der Waals surface area (Å²) < 4.78 is 9.63.